The zero-order valence-corrected chi connectivity index (χ0v) is 22.0. The molecule has 0 saturated heterocycles. The van der Waals surface area contributed by atoms with E-state index in [0.29, 0.717) is 44.9 Å². The van der Waals surface area contributed by atoms with E-state index >= 15 is 0 Å². The average Bonchev–Trinajstić information content (AvgIpc) is 3.16. The second kappa shape index (κ2) is 11.0. The second-order valence-electron chi connectivity index (χ2n) is 8.38. The number of nitrogens with zero attached hydrogens (tertiary/aromatic N) is 3. The molecule has 0 fully saturated rings. The van der Waals surface area contributed by atoms with E-state index in [0.717, 1.165) is 13.6 Å². The number of hydrogen-bond donors (Lipinski definition) is 2. The molecule has 4 rings (SSSR count). The van der Waals surface area contributed by atoms with Gasteiger partial charge in [-0.25, -0.2) is 18.4 Å². The van der Waals surface area contributed by atoms with Crippen LogP contribution in [-0.2, 0) is 13.2 Å². The van der Waals surface area contributed by atoms with Gasteiger partial charge in [-0.1, -0.05) is 31.9 Å². The van der Waals surface area contributed by atoms with Crippen molar-refractivity contribution in [3.8, 4) is 11.4 Å². The molecule has 0 saturated carbocycles. The quantitative estimate of drug-likeness (QED) is 0.285. The molecule has 6 nitrogen and oxygen atoms in total. The van der Waals surface area contributed by atoms with Gasteiger partial charge in [0.15, 0.2) is 5.82 Å². The molecule has 0 amide bonds. The van der Waals surface area contributed by atoms with Crippen molar-refractivity contribution in [3.63, 3.8) is 0 Å². The number of ether oxygens (including phenoxy) is 1. The lowest BCUT2D eigenvalue weighted by atomic mass is 10.1. The van der Waals surface area contributed by atoms with Gasteiger partial charge in [0, 0.05) is 28.6 Å². The van der Waals surface area contributed by atoms with Crippen LogP contribution in [0.4, 0.5) is 8.78 Å². The number of halogens is 3. The molecule has 2 aromatic carbocycles. The topological polar surface area (TPSA) is 72.2 Å². The minimum Gasteiger partial charge on any atom is -0.487 e. The summed E-state index contributed by atoms with van der Waals surface area (Å²) in [4.78, 5) is 4.66. The molecular weight excluding hydrogens is 505 g/mol. The van der Waals surface area contributed by atoms with Crippen molar-refractivity contribution in [2.45, 2.75) is 40.0 Å². The Bertz CT molecular complexity index is 1460. The minimum atomic E-state index is -0.647. The predicted octanol–water partition coefficient (Wildman–Crippen LogP) is 5.72. The molecule has 36 heavy (non-hydrogen) atoms. The highest BCUT2D eigenvalue weighted by Crippen LogP contribution is 2.31. The van der Waals surface area contributed by atoms with E-state index in [1.165, 1.54) is 18.3 Å². The van der Waals surface area contributed by atoms with Crippen LogP contribution in [-0.4, -0.2) is 38.1 Å². The summed E-state index contributed by atoms with van der Waals surface area (Å²) in [6, 6.07) is 9.99. The smallest absolute Gasteiger partial charge is 0.164 e. The summed E-state index contributed by atoms with van der Waals surface area (Å²) in [7, 11) is 0.885. The maximum atomic E-state index is 14.2. The lowest BCUT2D eigenvalue weighted by molar-refractivity contribution is 0.260. The lowest BCUT2D eigenvalue weighted by Gasteiger charge is -2.17. The molecular formula is C26H26ClF2N4O2P. The number of pyridine rings is 1. The van der Waals surface area contributed by atoms with E-state index in [-0.39, 0.29) is 18.2 Å². The van der Waals surface area contributed by atoms with Gasteiger partial charge in [0.25, 0.3) is 0 Å². The number of aromatic nitrogens is 3. The zero-order chi connectivity index (χ0) is 26.0. The first-order chi connectivity index (χ1) is 17.2. The van der Waals surface area contributed by atoms with Crippen molar-refractivity contribution in [1.82, 2.24) is 20.1 Å². The SMILES string of the molecule is C/P=C(\NCc1cc(F)cc(Cl)c1COc1cccc2c(-n3ncc(F)c3C)cc(C)nc12)C(C)O. The highest BCUT2D eigenvalue weighted by Gasteiger charge is 2.17. The highest BCUT2D eigenvalue weighted by molar-refractivity contribution is 7.39. The number of aliphatic hydroxyl groups is 1. The molecule has 2 heterocycles. The number of para-hydroxylation sites is 1. The maximum absolute atomic E-state index is 14.2. The van der Waals surface area contributed by atoms with Crippen molar-refractivity contribution in [3.05, 3.63) is 81.8 Å². The Labute approximate surface area is 214 Å². The zero-order valence-electron chi connectivity index (χ0n) is 20.3. The van der Waals surface area contributed by atoms with E-state index in [4.69, 9.17) is 16.3 Å². The third-order valence-corrected chi connectivity index (χ3v) is 7.16. The molecule has 1 unspecified atom stereocenters. The Morgan fingerprint density at radius 1 is 1.25 bits per heavy atom. The molecule has 1 atom stereocenters. The third-order valence-electron chi connectivity index (χ3n) is 5.81. The van der Waals surface area contributed by atoms with Gasteiger partial charge in [-0.2, -0.15) is 5.10 Å². The summed E-state index contributed by atoms with van der Waals surface area (Å²) in [5.41, 5.74) is 4.35. The second-order valence-corrected chi connectivity index (χ2v) is 9.71. The largest absolute Gasteiger partial charge is 0.487 e. The van der Waals surface area contributed by atoms with Crippen LogP contribution in [0.1, 0.15) is 29.4 Å². The van der Waals surface area contributed by atoms with E-state index in [1.807, 2.05) is 31.8 Å². The van der Waals surface area contributed by atoms with E-state index in [2.05, 4.69) is 15.4 Å². The van der Waals surface area contributed by atoms with Gasteiger partial charge in [0.2, 0.25) is 0 Å². The lowest BCUT2D eigenvalue weighted by Crippen LogP contribution is -2.31. The molecule has 0 radical (unpaired) electrons. The normalized spacial score (nSPS) is 12.8. The molecule has 0 aliphatic heterocycles. The fourth-order valence-corrected chi connectivity index (χ4v) is 4.87. The van der Waals surface area contributed by atoms with Crippen LogP contribution in [0.25, 0.3) is 16.6 Å². The van der Waals surface area contributed by atoms with Gasteiger partial charge < -0.3 is 9.84 Å². The summed E-state index contributed by atoms with van der Waals surface area (Å²) in [5, 5.41) is 18.2. The summed E-state index contributed by atoms with van der Waals surface area (Å²) in [6.07, 6.45) is 0.536. The van der Waals surface area contributed by atoms with Crippen molar-refractivity contribution in [2.24, 2.45) is 0 Å². The fourth-order valence-electron chi connectivity index (χ4n) is 3.98. The molecule has 0 aliphatic carbocycles. The van der Waals surface area contributed by atoms with E-state index in [9.17, 15) is 13.9 Å². The van der Waals surface area contributed by atoms with Gasteiger partial charge >= 0.3 is 0 Å². The van der Waals surface area contributed by atoms with Crippen molar-refractivity contribution < 1.29 is 18.6 Å². The van der Waals surface area contributed by atoms with Crippen LogP contribution in [0.2, 0.25) is 5.02 Å². The van der Waals surface area contributed by atoms with Crippen molar-refractivity contribution in [1.29, 1.82) is 0 Å². The third kappa shape index (κ3) is 5.42. The van der Waals surface area contributed by atoms with Crippen LogP contribution < -0.4 is 10.1 Å². The number of rotatable bonds is 8. The molecule has 4 aromatic rings. The number of nitrogens with one attached hydrogen (secondary N) is 1. The van der Waals surface area contributed by atoms with Crippen LogP contribution in [0.15, 0.2) is 42.6 Å². The molecule has 0 spiro atoms. The number of hydrogen-bond acceptors (Lipinski definition) is 4. The Morgan fingerprint density at radius 3 is 2.69 bits per heavy atom. The number of aliphatic hydroxyl groups excluding tert-OH is 1. The maximum Gasteiger partial charge on any atom is 0.164 e. The van der Waals surface area contributed by atoms with Crippen molar-refractivity contribution >= 4 is 36.1 Å². The molecule has 2 N–H and O–H groups in total. The van der Waals surface area contributed by atoms with E-state index in [1.54, 1.807) is 24.6 Å². The Balaban J connectivity index is 1.69. The molecule has 0 bridgehead atoms. The first kappa shape index (κ1) is 26.2. The van der Waals surface area contributed by atoms with E-state index < -0.39 is 17.7 Å². The van der Waals surface area contributed by atoms with Gasteiger partial charge in [-0.3, -0.25) is 5.32 Å². The molecule has 10 heteroatoms. The van der Waals surface area contributed by atoms with Crippen LogP contribution in [0.5, 0.6) is 5.75 Å². The fraction of sp³-hybridized carbons (Fsp3) is 0.269. The molecule has 2 aromatic heterocycles. The number of benzene rings is 2. The monoisotopic (exact) mass is 530 g/mol. The highest BCUT2D eigenvalue weighted by atomic mass is 35.5. The summed E-state index contributed by atoms with van der Waals surface area (Å²) in [6.45, 7) is 7.43. The van der Waals surface area contributed by atoms with Gasteiger partial charge in [0.05, 0.1) is 28.7 Å². The van der Waals surface area contributed by atoms with Crippen LogP contribution in [0.3, 0.4) is 0 Å². The van der Waals surface area contributed by atoms with Gasteiger partial charge in [-0.15, -0.1) is 0 Å². The van der Waals surface area contributed by atoms with Crippen LogP contribution in [0, 0.1) is 25.5 Å². The first-order valence-corrected chi connectivity index (χ1v) is 13.0. The Hall–Kier alpha value is -2.90. The molecule has 0 aliphatic rings. The Morgan fingerprint density at radius 2 is 2.03 bits per heavy atom. The summed E-state index contributed by atoms with van der Waals surface area (Å²) < 4.78 is 35.9. The first-order valence-electron chi connectivity index (χ1n) is 11.3. The van der Waals surface area contributed by atoms with Crippen LogP contribution >= 0.6 is 19.8 Å². The predicted molar refractivity (Wildman–Crippen MR) is 140 cm³/mol. The standard InChI is InChI=1S/C26H26ClF2N4O2P/c1-14-8-23(33-15(2)22(29)12-31-33)19-6-5-7-24(25(19)32-14)35-13-20-17(9-18(28)10-21(20)27)11-30-26(36-4)16(3)34/h5-10,12,16,30,34H,11,13H2,1-4H3. The minimum absolute atomic E-state index is 0.0729. The average molecular weight is 531 g/mol. The van der Waals surface area contributed by atoms with Crippen molar-refractivity contribution in [2.75, 3.05) is 6.66 Å². The summed E-state index contributed by atoms with van der Waals surface area (Å²) in [5.74, 6) is -0.344. The summed E-state index contributed by atoms with van der Waals surface area (Å²) >= 11 is 6.41. The van der Waals surface area contributed by atoms with Gasteiger partial charge in [-0.05, 0) is 57.3 Å². The number of aryl methyl sites for hydroxylation is 1. The number of fused-ring (bicyclic) bond motifs is 1. The molecule has 188 valence electrons. The van der Waals surface area contributed by atoms with Gasteiger partial charge in [0.1, 0.15) is 23.7 Å². The Kier molecular flexibility index (Phi) is 8.00.